The fourth-order valence-electron chi connectivity index (χ4n) is 3.90. The molecule has 4 rings (SSSR count). The van der Waals surface area contributed by atoms with Crippen molar-refractivity contribution in [2.24, 2.45) is 0 Å². The zero-order valence-corrected chi connectivity index (χ0v) is 16.6. The Morgan fingerprint density at radius 3 is 2.52 bits per heavy atom. The maximum absolute atomic E-state index is 12.9. The van der Waals surface area contributed by atoms with Gasteiger partial charge in [-0.15, -0.1) is 0 Å². The van der Waals surface area contributed by atoms with Crippen LogP contribution in [0.3, 0.4) is 0 Å². The van der Waals surface area contributed by atoms with E-state index in [0.717, 1.165) is 11.1 Å². The number of ether oxygens (including phenoxy) is 1. The molecule has 1 fully saturated rings. The summed E-state index contributed by atoms with van der Waals surface area (Å²) in [6.07, 6.45) is 4.60. The molecule has 5 nitrogen and oxygen atoms in total. The summed E-state index contributed by atoms with van der Waals surface area (Å²) < 4.78 is 6.14. The summed E-state index contributed by atoms with van der Waals surface area (Å²) >= 11 is 0. The topological polar surface area (TPSA) is 67.4 Å². The molecule has 0 aromatic heterocycles. The van der Waals surface area contributed by atoms with E-state index in [4.69, 9.17) is 4.74 Å². The molecule has 2 unspecified atom stereocenters. The van der Waals surface area contributed by atoms with Crippen molar-refractivity contribution in [1.29, 1.82) is 0 Å². The predicted octanol–water partition coefficient (Wildman–Crippen LogP) is 2.83. The van der Waals surface area contributed by atoms with Gasteiger partial charge in [-0.3, -0.25) is 14.9 Å². The Morgan fingerprint density at radius 2 is 1.83 bits per heavy atom. The number of rotatable bonds is 4. The summed E-state index contributed by atoms with van der Waals surface area (Å²) in [5.74, 6) is -0.274. The molecule has 2 atom stereocenters. The Morgan fingerprint density at radius 1 is 1.10 bits per heavy atom. The number of aryl methyl sites for hydroxylation is 2. The number of ketones is 1. The lowest BCUT2D eigenvalue weighted by molar-refractivity contribution is -0.140. The molecule has 1 spiro atoms. The van der Waals surface area contributed by atoms with Crippen LogP contribution in [-0.2, 0) is 20.9 Å². The molecular formula is C24H24N2O3. The van der Waals surface area contributed by atoms with Crippen molar-refractivity contribution < 1.29 is 14.3 Å². The van der Waals surface area contributed by atoms with Crippen LogP contribution in [0.15, 0.2) is 66.8 Å². The van der Waals surface area contributed by atoms with Crippen molar-refractivity contribution in [2.45, 2.75) is 32.2 Å². The van der Waals surface area contributed by atoms with E-state index in [1.165, 1.54) is 23.3 Å². The SMILES string of the molecule is Cc1cc(C)cc(CNC2COC3(C=CC(=O)C=C3c3ccccc3)NC2=O)c1. The lowest BCUT2D eigenvalue weighted by Crippen LogP contribution is -2.63. The summed E-state index contributed by atoms with van der Waals surface area (Å²) in [7, 11) is 0. The molecule has 2 aromatic rings. The minimum atomic E-state index is -1.12. The minimum absolute atomic E-state index is 0.123. The van der Waals surface area contributed by atoms with Crippen molar-refractivity contribution in [3.63, 3.8) is 0 Å². The molecule has 0 saturated carbocycles. The van der Waals surface area contributed by atoms with Crippen LogP contribution < -0.4 is 10.6 Å². The molecule has 1 aliphatic heterocycles. The Labute approximate surface area is 170 Å². The standard InChI is InChI=1S/C24H24N2O3/c1-16-10-17(2)12-18(11-16)14-25-22-15-29-24(26-23(22)28)9-8-20(27)13-21(24)19-6-4-3-5-7-19/h3-13,22,25H,14-15H2,1-2H3,(H,26,28). The average Bonchev–Trinajstić information content (AvgIpc) is 2.69. The first-order valence-corrected chi connectivity index (χ1v) is 9.72. The van der Waals surface area contributed by atoms with Gasteiger partial charge in [0.05, 0.1) is 6.61 Å². The fourth-order valence-corrected chi connectivity index (χ4v) is 3.90. The van der Waals surface area contributed by atoms with Crippen LogP contribution in [0.1, 0.15) is 22.3 Å². The quantitative estimate of drug-likeness (QED) is 0.845. The second-order valence-corrected chi connectivity index (χ2v) is 7.63. The first kappa shape index (κ1) is 19.3. The number of amides is 1. The van der Waals surface area contributed by atoms with Gasteiger partial charge in [-0.25, -0.2) is 0 Å². The van der Waals surface area contributed by atoms with Gasteiger partial charge >= 0.3 is 0 Å². The molecule has 0 radical (unpaired) electrons. The third-order valence-corrected chi connectivity index (χ3v) is 5.19. The van der Waals surface area contributed by atoms with Gasteiger partial charge in [-0.1, -0.05) is 59.7 Å². The van der Waals surface area contributed by atoms with Crippen molar-refractivity contribution in [2.75, 3.05) is 6.61 Å². The van der Waals surface area contributed by atoms with Crippen LogP contribution in [0.25, 0.3) is 5.57 Å². The van der Waals surface area contributed by atoms with Crippen LogP contribution in [0.5, 0.6) is 0 Å². The molecule has 2 aliphatic rings. The first-order valence-electron chi connectivity index (χ1n) is 9.72. The molecule has 2 N–H and O–H groups in total. The second-order valence-electron chi connectivity index (χ2n) is 7.63. The van der Waals surface area contributed by atoms with Crippen molar-refractivity contribution in [1.82, 2.24) is 10.6 Å². The molecule has 1 amide bonds. The molecule has 1 aliphatic carbocycles. The van der Waals surface area contributed by atoms with Crippen LogP contribution in [0.4, 0.5) is 0 Å². The average molecular weight is 388 g/mol. The minimum Gasteiger partial charge on any atom is -0.346 e. The Balaban J connectivity index is 1.50. The number of hydrogen-bond donors (Lipinski definition) is 2. The molecule has 1 saturated heterocycles. The zero-order valence-electron chi connectivity index (χ0n) is 16.6. The largest absolute Gasteiger partial charge is 0.346 e. The van der Waals surface area contributed by atoms with Gasteiger partial charge in [-0.05, 0) is 43.2 Å². The van der Waals surface area contributed by atoms with E-state index >= 15 is 0 Å². The van der Waals surface area contributed by atoms with Crippen LogP contribution in [0, 0.1) is 13.8 Å². The molecule has 29 heavy (non-hydrogen) atoms. The van der Waals surface area contributed by atoms with E-state index in [1.54, 1.807) is 6.08 Å². The Hall–Kier alpha value is -3.02. The highest BCUT2D eigenvalue weighted by Crippen LogP contribution is 2.34. The number of carbonyl (C=O) groups is 2. The fraction of sp³-hybridized carbons (Fsp3) is 0.250. The Kier molecular flexibility index (Phi) is 5.18. The monoisotopic (exact) mass is 388 g/mol. The van der Waals surface area contributed by atoms with Crippen LogP contribution in [-0.4, -0.2) is 30.1 Å². The third kappa shape index (κ3) is 4.06. The summed E-state index contributed by atoms with van der Waals surface area (Å²) in [6, 6.07) is 15.4. The summed E-state index contributed by atoms with van der Waals surface area (Å²) in [5, 5.41) is 6.26. The molecule has 1 heterocycles. The van der Waals surface area contributed by atoms with Gasteiger partial charge < -0.3 is 10.1 Å². The maximum atomic E-state index is 12.9. The predicted molar refractivity (Wildman–Crippen MR) is 112 cm³/mol. The number of nitrogens with one attached hydrogen (secondary N) is 2. The van der Waals surface area contributed by atoms with E-state index in [1.807, 2.05) is 30.3 Å². The number of allylic oxidation sites excluding steroid dienone is 2. The summed E-state index contributed by atoms with van der Waals surface area (Å²) in [6.45, 7) is 4.90. The van der Waals surface area contributed by atoms with Gasteiger partial charge in [-0.2, -0.15) is 0 Å². The van der Waals surface area contributed by atoms with Crippen molar-refractivity contribution in [3.05, 3.63) is 89.0 Å². The van der Waals surface area contributed by atoms with E-state index in [2.05, 4.69) is 42.7 Å². The van der Waals surface area contributed by atoms with E-state index < -0.39 is 11.8 Å². The van der Waals surface area contributed by atoms with Gasteiger partial charge in [0.15, 0.2) is 11.5 Å². The van der Waals surface area contributed by atoms with Crippen molar-refractivity contribution in [3.8, 4) is 0 Å². The highest BCUT2D eigenvalue weighted by atomic mass is 16.5. The first-order chi connectivity index (χ1) is 13.9. The highest BCUT2D eigenvalue weighted by molar-refractivity contribution is 6.08. The molecular weight excluding hydrogens is 364 g/mol. The number of carbonyl (C=O) groups excluding carboxylic acids is 2. The number of hydrogen-bond acceptors (Lipinski definition) is 4. The summed E-state index contributed by atoms with van der Waals surface area (Å²) in [4.78, 5) is 24.9. The normalized spacial score (nSPS) is 23.8. The van der Waals surface area contributed by atoms with Crippen LogP contribution >= 0.6 is 0 Å². The molecule has 2 aromatic carbocycles. The zero-order chi connectivity index (χ0) is 20.4. The number of benzene rings is 2. The van der Waals surface area contributed by atoms with E-state index in [0.29, 0.717) is 12.1 Å². The van der Waals surface area contributed by atoms with E-state index in [9.17, 15) is 9.59 Å². The van der Waals surface area contributed by atoms with Crippen molar-refractivity contribution >= 4 is 17.3 Å². The summed E-state index contributed by atoms with van der Waals surface area (Å²) in [5.41, 5.74) is 3.88. The van der Waals surface area contributed by atoms with Gasteiger partial charge in [0.2, 0.25) is 5.91 Å². The smallest absolute Gasteiger partial charge is 0.242 e. The van der Waals surface area contributed by atoms with E-state index in [-0.39, 0.29) is 18.3 Å². The molecule has 0 bridgehead atoms. The Bertz CT molecular complexity index is 990. The maximum Gasteiger partial charge on any atom is 0.242 e. The van der Waals surface area contributed by atoms with Gasteiger partial charge in [0, 0.05) is 12.1 Å². The lowest BCUT2D eigenvalue weighted by Gasteiger charge is -2.41. The molecule has 5 heteroatoms. The lowest BCUT2D eigenvalue weighted by atomic mass is 9.88. The van der Waals surface area contributed by atoms with Gasteiger partial charge in [0.25, 0.3) is 0 Å². The third-order valence-electron chi connectivity index (χ3n) is 5.19. The highest BCUT2D eigenvalue weighted by Gasteiger charge is 2.43. The second kappa shape index (κ2) is 7.78. The van der Waals surface area contributed by atoms with Crippen LogP contribution in [0.2, 0.25) is 0 Å². The van der Waals surface area contributed by atoms with Gasteiger partial charge in [0.1, 0.15) is 6.04 Å². The molecule has 148 valence electrons.